The van der Waals surface area contributed by atoms with Crippen LogP contribution in [0.15, 0.2) is 34.9 Å². The summed E-state index contributed by atoms with van der Waals surface area (Å²) in [6.45, 7) is 0.0738. The third-order valence-electron chi connectivity index (χ3n) is 2.80. The number of halogens is 1. The van der Waals surface area contributed by atoms with Gasteiger partial charge in [0.1, 0.15) is 12.4 Å². The average Bonchev–Trinajstić information content (AvgIpc) is 2.94. The van der Waals surface area contributed by atoms with Gasteiger partial charge < -0.3 is 19.7 Å². The number of benzene rings is 1. The van der Waals surface area contributed by atoms with Gasteiger partial charge in [0.15, 0.2) is 11.5 Å². The summed E-state index contributed by atoms with van der Waals surface area (Å²) in [4.78, 5) is 11.8. The van der Waals surface area contributed by atoms with E-state index >= 15 is 0 Å². The highest BCUT2D eigenvalue weighted by Crippen LogP contribution is 2.15. The van der Waals surface area contributed by atoms with Crippen molar-refractivity contribution in [3.8, 4) is 0 Å². The number of nitrogens with one attached hydrogen (secondary N) is 1. The minimum atomic E-state index is -1.14. The van der Waals surface area contributed by atoms with Crippen LogP contribution in [0.5, 0.6) is 0 Å². The van der Waals surface area contributed by atoms with Crippen molar-refractivity contribution in [3.05, 3.63) is 53.2 Å². The summed E-state index contributed by atoms with van der Waals surface area (Å²) >= 11 is 0. The minimum Gasteiger partial charge on any atom is -0.386 e. The first-order valence-electron chi connectivity index (χ1n) is 6.27. The summed E-state index contributed by atoms with van der Waals surface area (Å²) in [5, 5.41) is 15.9. The highest BCUT2D eigenvalue weighted by Gasteiger charge is 2.16. The Labute approximate surface area is 120 Å². The molecule has 0 spiro atoms. The zero-order valence-corrected chi connectivity index (χ0v) is 11.4. The zero-order valence-electron chi connectivity index (χ0n) is 11.4. The van der Waals surface area contributed by atoms with Crippen molar-refractivity contribution < 1.29 is 23.6 Å². The summed E-state index contributed by atoms with van der Waals surface area (Å²) in [6.07, 6.45) is -1.14. The summed E-state index contributed by atoms with van der Waals surface area (Å²) in [6, 6.07) is 7.28. The lowest BCUT2D eigenvalue weighted by Crippen LogP contribution is -2.28. The SMILES string of the molecule is COCc1cc(C(=O)NCC(O)c2ccccc2F)no1. The van der Waals surface area contributed by atoms with Crippen molar-refractivity contribution in [2.45, 2.75) is 12.7 Å². The van der Waals surface area contributed by atoms with E-state index in [1.54, 1.807) is 6.07 Å². The second-order valence-corrected chi connectivity index (χ2v) is 4.36. The molecule has 1 aromatic heterocycles. The van der Waals surface area contributed by atoms with Crippen LogP contribution in [0.3, 0.4) is 0 Å². The Morgan fingerprint density at radius 3 is 3.00 bits per heavy atom. The molecule has 1 atom stereocenters. The van der Waals surface area contributed by atoms with Gasteiger partial charge in [-0.25, -0.2) is 4.39 Å². The van der Waals surface area contributed by atoms with Crippen LogP contribution >= 0.6 is 0 Å². The molecule has 0 saturated heterocycles. The normalized spacial score (nSPS) is 12.1. The fourth-order valence-electron chi connectivity index (χ4n) is 1.77. The van der Waals surface area contributed by atoms with Crippen molar-refractivity contribution in [2.24, 2.45) is 0 Å². The van der Waals surface area contributed by atoms with E-state index < -0.39 is 17.8 Å². The molecule has 0 aliphatic rings. The Kier molecular flexibility index (Phi) is 5.02. The molecule has 0 saturated carbocycles. The van der Waals surface area contributed by atoms with E-state index in [1.165, 1.54) is 31.4 Å². The fourth-order valence-corrected chi connectivity index (χ4v) is 1.77. The van der Waals surface area contributed by atoms with E-state index in [2.05, 4.69) is 10.5 Å². The maximum Gasteiger partial charge on any atom is 0.273 e. The highest BCUT2D eigenvalue weighted by atomic mass is 19.1. The molecule has 21 heavy (non-hydrogen) atoms. The Morgan fingerprint density at radius 2 is 2.29 bits per heavy atom. The lowest BCUT2D eigenvalue weighted by atomic mass is 10.1. The van der Waals surface area contributed by atoms with Gasteiger partial charge in [0.25, 0.3) is 5.91 Å². The number of aliphatic hydroxyl groups excluding tert-OH is 1. The molecule has 112 valence electrons. The lowest BCUT2D eigenvalue weighted by molar-refractivity contribution is 0.0904. The number of hydrogen-bond donors (Lipinski definition) is 2. The number of rotatable bonds is 6. The van der Waals surface area contributed by atoms with E-state index in [-0.39, 0.29) is 24.4 Å². The average molecular weight is 294 g/mol. The predicted molar refractivity (Wildman–Crippen MR) is 70.9 cm³/mol. The number of carbonyl (C=O) groups is 1. The number of carbonyl (C=O) groups excluding carboxylic acids is 1. The summed E-state index contributed by atoms with van der Waals surface area (Å²) < 4.78 is 23.2. The molecule has 7 heteroatoms. The first kappa shape index (κ1) is 15.1. The van der Waals surface area contributed by atoms with E-state index in [0.29, 0.717) is 5.76 Å². The van der Waals surface area contributed by atoms with Crippen LogP contribution in [0.25, 0.3) is 0 Å². The molecule has 1 amide bonds. The van der Waals surface area contributed by atoms with Gasteiger partial charge in [-0.2, -0.15) is 0 Å². The number of nitrogens with zero attached hydrogens (tertiary/aromatic N) is 1. The number of methoxy groups -OCH3 is 1. The summed E-state index contributed by atoms with van der Waals surface area (Å²) in [5.41, 5.74) is 0.195. The van der Waals surface area contributed by atoms with Crippen molar-refractivity contribution in [2.75, 3.05) is 13.7 Å². The molecule has 0 fully saturated rings. The van der Waals surface area contributed by atoms with Crippen LogP contribution in [0, 0.1) is 5.82 Å². The van der Waals surface area contributed by atoms with E-state index in [1.807, 2.05) is 0 Å². The first-order chi connectivity index (χ1) is 10.1. The fraction of sp³-hybridized carbons (Fsp3) is 0.286. The number of aromatic nitrogens is 1. The number of aliphatic hydroxyl groups is 1. The minimum absolute atomic E-state index is 0.0720. The van der Waals surface area contributed by atoms with E-state index in [4.69, 9.17) is 9.26 Å². The molecular formula is C14H15FN2O4. The summed E-state index contributed by atoms with van der Waals surface area (Å²) in [5.74, 6) is -0.628. The first-order valence-corrected chi connectivity index (χ1v) is 6.27. The van der Waals surface area contributed by atoms with E-state index in [9.17, 15) is 14.3 Å². The molecule has 1 aromatic carbocycles. The van der Waals surface area contributed by atoms with E-state index in [0.717, 1.165) is 0 Å². The Hall–Kier alpha value is -2.25. The molecule has 2 aromatic rings. The quantitative estimate of drug-likeness (QED) is 0.841. The van der Waals surface area contributed by atoms with Crippen LogP contribution in [0.1, 0.15) is 27.9 Å². The maximum absolute atomic E-state index is 13.5. The van der Waals surface area contributed by atoms with Crippen LogP contribution < -0.4 is 5.32 Å². The molecule has 0 bridgehead atoms. The number of amides is 1. The van der Waals surface area contributed by atoms with Gasteiger partial charge in [-0.15, -0.1) is 0 Å². The molecular weight excluding hydrogens is 279 g/mol. The summed E-state index contributed by atoms with van der Waals surface area (Å²) in [7, 11) is 1.49. The molecule has 6 nitrogen and oxygen atoms in total. The van der Waals surface area contributed by atoms with Crippen molar-refractivity contribution in [3.63, 3.8) is 0 Å². The van der Waals surface area contributed by atoms with Gasteiger partial charge >= 0.3 is 0 Å². The van der Waals surface area contributed by atoms with Gasteiger partial charge in [0.2, 0.25) is 0 Å². The maximum atomic E-state index is 13.5. The molecule has 2 rings (SSSR count). The Balaban J connectivity index is 1.92. The molecule has 1 heterocycles. The van der Waals surface area contributed by atoms with Crippen LogP contribution in [0.4, 0.5) is 4.39 Å². The second kappa shape index (κ2) is 6.96. The molecule has 1 unspecified atom stereocenters. The van der Waals surface area contributed by atoms with Gasteiger partial charge in [-0.1, -0.05) is 23.4 Å². The standard InChI is InChI=1S/C14H15FN2O4/c1-20-8-9-6-12(17-21-9)14(19)16-7-13(18)10-4-2-3-5-11(10)15/h2-6,13,18H,7-8H2,1H3,(H,16,19). The van der Waals surface area contributed by atoms with Gasteiger partial charge in [0, 0.05) is 25.3 Å². The molecule has 0 radical (unpaired) electrons. The molecule has 0 aliphatic carbocycles. The van der Waals surface area contributed by atoms with Crippen molar-refractivity contribution in [1.29, 1.82) is 0 Å². The molecule has 2 N–H and O–H groups in total. The zero-order chi connectivity index (χ0) is 15.2. The lowest BCUT2D eigenvalue weighted by Gasteiger charge is -2.12. The smallest absolute Gasteiger partial charge is 0.273 e. The Bertz CT molecular complexity index is 615. The second-order valence-electron chi connectivity index (χ2n) is 4.36. The Morgan fingerprint density at radius 1 is 1.52 bits per heavy atom. The topological polar surface area (TPSA) is 84.6 Å². The largest absolute Gasteiger partial charge is 0.386 e. The van der Waals surface area contributed by atoms with Crippen molar-refractivity contribution >= 4 is 5.91 Å². The van der Waals surface area contributed by atoms with Crippen molar-refractivity contribution in [1.82, 2.24) is 10.5 Å². The third-order valence-corrected chi connectivity index (χ3v) is 2.80. The van der Waals surface area contributed by atoms with Gasteiger partial charge in [0.05, 0.1) is 6.10 Å². The van der Waals surface area contributed by atoms with Gasteiger partial charge in [-0.05, 0) is 6.07 Å². The van der Waals surface area contributed by atoms with Gasteiger partial charge in [-0.3, -0.25) is 4.79 Å². The highest BCUT2D eigenvalue weighted by molar-refractivity contribution is 5.92. The van der Waals surface area contributed by atoms with Crippen LogP contribution in [0.2, 0.25) is 0 Å². The third kappa shape index (κ3) is 3.87. The monoisotopic (exact) mass is 294 g/mol. The predicted octanol–water partition coefficient (Wildman–Crippen LogP) is 1.42. The van der Waals surface area contributed by atoms with Crippen LogP contribution in [-0.4, -0.2) is 29.8 Å². The number of ether oxygens (including phenoxy) is 1. The number of hydrogen-bond acceptors (Lipinski definition) is 5. The van der Waals surface area contributed by atoms with Crippen LogP contribution in [-0.2, 0) is 11.3 Å². The molecule has 0 aliphatic heterocycles.